The van der Waals surface area contributed by atoms with Crippen LogP contribution in [-0.2, 0) is 11.3 Å². The second kappa shape index (κ2) is 8.43. The van der Waals surface area contributed by atoms with E-state index in [2.05, 4.69) is 10.6 Å². The van der Waals surface area contributed by atoms with Gasteiger partial charge < -0.3 is 21.1 Å². The number of benzene rings is 2. The molecule has 0 aliphatic carbocycles. The van der Waals surface area contributed by atoms with E-state index >= 15 is 0 Å². The van der Waals surface area contributed by atoms with Gasteiger partial charge in [0.25, 0.3) is 0 Å². The van der Waals surface area contributed by atoms with Crippen molar-refractivity contribution < 1.29 is 14.3 Å². The number of carbonyl (C=O) groups is 2. The Morgan fingerprint density at radius 2 is 1.57 bits per heavy atom. The first-order chi connectivity index (χ1) is 11.1. The first-order valence-corrected chi connectivity index (χ1v) is 7.25. The molecule has 0 saturated heterocycles. The normalized spacial score (nSPS) is 9.91. The fourth-order valence-corrected chi connectivity index (χ4v) is 1.84. The maximum absolute atomic E-state index is 11.5. The van der Waals surface area contributed by atoms with E-state index in [1.807, 2.05) is 54.6 Å². The minimum absolute atomic E-state index is 0.124. The van der Waals surface area contributed by atoms with Crippen molar-refractivity contribution in [3.8, 4) is 11.5 Å². The van der Waals surface area contributed by atoms with Crippen molar-refractivity contribution in [3.05, 3.63) is 60.2 Å². The quantitative estimate of drug-likeness (QED) is 0.731. The van der Waals surface area contributed by atoms with Crippen LogP contribution in [-0.4, -0.2) is 18.5 Å². The molecule has 2 aromatic rings. The number of hydrogen-bond acceptors (Lipinski definition) is 3. The van der Waals surface area contributed by atoms with Crippen LogP contribution in [0, 0.1) is 0 Å². The topological polar surface area (TPSA) is 93.5 Å². The second-order valence-electron chi connectivity index (χ2n) is 4.88. The molecule has 0 aromatic heterocycles. The summed E-state index contributed by atoms with van der Waals surface area (Å²) in [7, 11) is 0. The Morgan fingerprint density at radius 3 is 2.22 bits per heavy atom. The number of hydrogen-bond donors (Lipinski definition) is 3. The molecule has 2 rings (SSSR count). The first-order valence-electron chi connectivity index (χ1n) is 7.25. The lowest BCUT2D eigenvalue weighted by molar-refractivity contribution is -0.117. The number of carbonyl (C=O) groups excluding carboxylic acids is 2. The van der Waals surface area contributed by atoms with Crippen molar-refractivity contribution in [2.45, 2.75) is 13.0 Å². The highest BCUT2D eigenvalue weighted by Crippen LogP contribution is 2.20. The first kappa shape index (κ1) is 16.4. The van der Waals surface area contributed by atoms with Gasteiger partial charge in [0.05, 0.1) is 0 Å². The minimum atomic E-state index is -0.445. The Balaban J connectivity index is 1.76. The molecule has 0 atom stereocenters. The van der Waals surface area contributed by atoms with Gasteiger partial charge in [-0.25, -0.2) is 4.79 Å². The Bertz CT molecular complexity index is 642. The Kier molecular flexibility index (Phi) is 5.99. The highest BCUT2D eigenvalue weighted by atomic mass is 16.5. The van der Waals surface area contributed by atoms with E-state index in [1.165, 1.54) is 0 Å². The summed E-state index contributed by atoms with van der Waals surface area (Å²) < 4.78 is 5.69. The molecule has 0 radical (unpaired) electrons. The van der Waals surface area contributed by atoms with Gasteiger partial charge in [-0.3, -0.25) is 4.79 Å². The summed E-state index contributed by atoms with van der Waals surface area (Å²) in [5.41, 5.74) is 5.93. The molecule has 0 aliphatic rings. The van der Waals surface area contributed by atoms with Crippen molar-refractivity contribution in [1.82, 2.24) is 10.6 Å². The number of nitrogens with one attached hydrogen (secondary N) is 2. The summed E-state index contributed by atoms with van der Waals surface area (Å²) in [5.74, 6) is 1.05. The van der Waals surface area contributed by atoms with Crippen molar-refractivity contribution >= 4 is 11.9 Å². The summed E-state index contributed by atoms with van der Waals surface area (Å²) in [4.78, 5) is 22.1. The van der Waals surface area contributed by atoms with Gasteiger partial charge in [-0.15, -0.1) is 0 Å². The Labute approximate surface area is 134 Å². The van der Waals surface area contributed by atoms with Gasteiger partial charge >= 0.3 is 6.03 Å². The summed E-state index contributed by atoms with van der Waals surface area (Å²) in [6.07, 6.45) is 0.124. The summed E-state index contributed by atoms with van der Waals surface area (Å²) in [6, 6.07) is 16.6. The Morgan fingerprint density at radius 1 is 0.913 bits per heavy atom. The standard InChI is InChI=1S/C17H19N3O3/c18-16(21)10-11-19-17(22)20-12-13-6-8-15(9-7-13)23-14-4-2-1-3-5-14/h1-9H,10-12H2,(H2,18,21)(H2,19,20,22). The number of primary amides is 1. The van der Waals surface area contributed by atoms with Crippen LogP contribution in [0.15, 0.2) is 54.6 Å². The van der Waals surface area contributed by atoms with Gasteiger partial charge in [0.2, 0.25) is 5.91 Å². The van der Waals surface area contributed by atoms with Crippen LogP contribution in [0.2, 0.25) is 0 Å². The zero-order chi connectivity index (χ0) is 16.5. The number of para-hydroxylation sites is 1. The predicted octanol–water partition coefficient (Wildman–Crippen LogP) is 2.15. The van der Waals surface area contributed by atoms with Gasteiger partial charge in [-0.1, -0.05) is 30.3 Å². The third-order valence-corrected chi connectivity index (χ3v) is 3.01. The molecule has 23 heavy (non-hydrogen) atoms. The van der Waals surface area contributed by atoms with E-state index in [0.717, 1.165) is 17.1 Å². The third kappa shape index (κ3) is 6.09. The molecule has 120 valence electrons. The van der Waals surface area contributed by atoms with Crippen LogP contribution in [0.1, 0.15) is 12.0 Å². The molecule has 0 saturated carbocycles. The van der Waals surface area contributed by atoms with Crippen LogP contribution >= 0.6 is 0 Å². The average Bonchev–Trinajstić information content (AvgIpc) is 2.55. The highest BCUT2D eigenvalue weighted by molar-refractivity contribution is 5.76. The molecule has 0 fully saturated rings. The number of nitrogens with two attached hydrogens (primary N) is 1. The maximum Gasteiger partial charge on any atom is 0.315 e. The van der Waals surface area contributed by atoms with E-state index in [9.17, 15) is 9.59 Å². The molecule has 4 N–H and O–H groups in total. The van der Waals surface area contributed by atoms with Crippen LogP contribution in [0.25, 0.3) is 0 Å². The van der Waals surface area contributed by atoms with E-state index in [4.69, 9.17) is 10.5 Å². The minimum Gasteiger partial charge on any atom is -0.457 e. The number of amides is 3. The molecular weight excluding hydrogens is 294 g/mol. The SMILES string of the molecule is NC(=O)CCNC(=O)NCc1ccc(Oc2ccccc2)cc1. The smallest absolute Gasteiger partial charge is 0.315 e. The average molecular weight is 313 g/mol. The Hall–Kier alpha value is -3.02. The molecule has 0 heterocycles. The lowest BCUT2D eigenvalue weighted by Gasteiger charge is -2.08. The van der Waals surface area contributed by atoms with Crippen molar-refractivity contribution in [1.29, 1.82) is 0 Å². The molecule has 0 unspecified atom stereocenters. The fraction of sp³-hybridized carbons (Fsp3) is 0.176. The number of rotatable bonds is 7. The monoisotopic (exact) mass is 313 g/mol. The van der Waals surface area contributed by atoms with Crippen LogP contribution in [0.4, 0.5) is 4.79 Å². The van der Waals surface area contributed by atoms with Gasteiger partial charge in [0.15, 0.2) is 0 Å². The molecule has 0 aliphatic heterocycles. The molecule has 0 spiro atoms. The predicted molar refractivity (Wildman–Crippen MR) is 87.0 cm³/mol. The van der Waals surface area contributed by atoms with Gasteiger partial charge in [-0.05, 0) is 29.8 Å². The molecule has 3 amide bonds. The van der Waals surface area contributed by atoms with Crippen molar-refractivity contribution in [3.63, 3.8) is 0 Å². The molecule has 0 bridgehead atoms. The summed E-state index contributed by atoms with van der Waals surface area (Å²) in [5, 5.41) is 5.25. The van der Waals surface area contributed by atoms with E-state index < -0.39 is 5.91 Å². The van der Waals surface area contributed by atoms with Crippen LogP contribution < -0.4 is 21.1 Å². The maximum atomic E-state index is 11.5. The van der Waals surface area contributed by atoms with Crippen molar-refractivity contribution in [2.24, 2.45) is 5.73 Å². The summed E-state index contributed by atoms with van der Waals surface area (Å²) in [6.45, 7) is 0.610. The van der Waals surface area contributed by atoms with E-state index in [-0.39, 0.29) is 19.0 Å². The van der Waals surface area contributed by atoms with Crippen LogP contribution in [0.5, 0.6) is 11.5 Å². The lowest BCUT2D eigenvalue weighted by atomic mass is 10.2. The molecular formula is C17H19N3O3. The second-order valence-corrected chi connectivity index (χ2v) is 4.88. The summed E-state index contributed by atoms with van der Waals surface area (Å²) >= 11 is 0. The zero-order valence-electron chi connectivity index (χ0n) is 12.6. The highest BCUT2D eigenvalue weighted by Gasteiger charge is 2.02. The molecule has 2 aromatic carbocycles. The van der Waals surface area contributed by atoms with E-state index in [0.29, 0.717) is 6.54 Å². The number of urea groups is 1. The van der Waals surface area contributed by atoms with Crippen molar-refractivity contribution in [2.75, 3.05) is 6.54 Å². The lowest BCUT2D eigenvalue weighted by Crippen LogP contribution is -2.36. The van der Waals surface area contributed by atoms with Gasteiger partial charge in [-0.2, -0.15) is 0 Å². The van der Waals surface area contributed by atoms with Crippen LogP contribution in [0.3, 0.4) is 0 Å². The third-order valence-electron chi connectivity index (χ3n) is 3.01. The van der Waals surface area contributed by atoms with E-state index in [1.54, 1.807) is 0 Å². The zero-order valence-corrected chi connectivity index (χ0v) is 12.6. The fourth-order valence-electron chi connectivity index (χ4n) is 1.84. The molecule has 6 heteroatoms. The largest absolute Gasteiger partial charge is 0.457 e. The van der Waals surface area contributed by atoms with Gasteiger partial charge in [0, 0.05) is 19.5 Å². The number of ether oxygens (including phenoxy) is 1. The molecule has 6 nitrogen and oxygen atoms in total. The van der Waals surface area contributed by atoms with Gasteiger partial charge in [0.1, 0.15) is 11.5 Å².